The number of aryl methyl sites for hydroxylation is 1. The summed E-state index contributed by atoms with van der Waals surface area (Å²) in [5, 5.41) is 1.30. The first kappa shape index (κ1) is 13.9. The van der Waals surface area contributed by atoms with Gasteiger partial charge in [0, 0.05) is 17.3 Å². The van der Waals surface area contributed by atoms with E-state index in [0.717, 1.165) is 11.2 Å². The number of benzene rings is 1. The van der Waals surface area contributed by atoms with E-state index in [1.807, 2.05) is 11.3 Å². The molecule has 0 unspecified atom stereocenters. The van der Waals surface area contributed by atoms with Crippen molar-refractivity contribution in [3.63, 3.8) is 0 Å². The Kier molecular flexibility index (Phi) is 3.06. The SMILES string of the molecule is Cc1c(-n2c(-c3ccccc3)cc3nccnc32)sc2c1CCC2. The van der Waals surface area contributed by atoms with Crippen molar-refractivity contribution in [2.75, 3.05) is 0 Å². The maximum Gasteiger partial charge on any atom is 0.164 e. The normalized spacial score (nSPS) is 13.5. The summed E-state index contributed by atoms with van der Waals surface area (Å²) in [6, 6.07) is 12.7. The van der Waals surface area contributed by atoms with Crippen LogP contribution >= 0.6 is 11.3 Å². The number of hydrogen-bond acceptors (Lipinski definition) is 3. The molecule has 0 spiro atoms. The lowest BCUT2D eigenvalue weighted by atomic mass is 10.1. The highest BCUT2D eigenvalue weighted by molar-refractivity contribution is 7.15. The molecule has 0 atom stereocenters. The minimum absolute atomic E-state index is 0.944. The smallest absolute Gasteiger partial charge is 0.164 e. The van der Waals surface area contributed by atoms with Crippen LogP contribution in [0.3, 0.4) is 0 Å². The second-order valence-electron chi connectivity index (χ2n) is 6.28. The molecule has 5 rings (SSSR count). The Balaban J connectivity index is 1.84. The summed E-state index contributed by atoms with van der Waals surface area (Å²) in [4.78, 5) is 10.7. The molecule has 24 heavy (non-hydrogen) atoms. The molecule has 1 aliphatic carbocycles. The van der Waals surface area contributed by atoms with Crippen molar-refractivity contribution in [1.29, 1.82) is 0 Å². The molecule has 1 aromatic carbocycles. The summed E-state index contributed by atoms with van der Waals surface area (Å²) in [6.07, 6.45) is 7.27. The largest absolute Gasteiger partial charge is 0.283 e. The summed E-state index contributed by atoms with van der Waals surface area (Å²) in [5.74, 6) is 0. The lowest BCUT2D eigenvalue weighted by Gasteiger charge is -2.10. The highest BCUT2D eigenvalue weighted by Crippen LogP contribution is 2.40. The molecule has 0 radical (unpaired) electrons. The second-order valence-corrected chi connectivity index (χ2v) is 7.37. The average Bonchev–Trinajstić information content (AvgIpc) is 3.30. The van der Waals surface area contributed by atoms with Crippen LogP contribution in [0, 0.1) is 6.92 Å². The van der Waals surface area contributed by atoms with E-state index in [-0.39, 0.29) is 0 Å². The Morgan fingerprint density at radius 3 is 2.71 bits per heavy atom. The van der Waals surface area contributed by atoms with Gasteiger partial charge in [-0.25, -0.2) is 4.98 Å². The fourth-order valence-electron chi connectivity index (χ4n) is 3.71. The Hall–Kier alpha value is -2.46. The Labute approximate surface area is 144 Å². The zero-order chi connectivity index (χ0) is 16.1. The molecule has 4 aromatic rings. The third-order valence-electron chi connectivity index (χ3n) is 4.87. The third-order valence-corrected chi connectivity index (χ3v) is 6.24. The molecule has 0 bridgehead atoms. The number of rotatable bonds is 2. The molecule has 3 nitrogen and oxygen atoms in total. The summed E-state index contributed by atoms with van der Waals surface area (Å²) in [5.41, 5.74) is 7.22. The molecule has 0 saturated carbocycles. The van der Waals surface area contributed by atoms with Crippen LogP contribution in [0.4, 0.5) is 0 Å². The molecule has 0 amide bonds. The van der Waals surface area contributed by atoms with Crippen molar-refractivity contribution in [2.24, 2.45) is 0 Å². The Morgan fingerprint density at radius 2 is 1.88 bits per heavy atom. The third kappa shape index (κ3) is 1.96. The van der Waals surface area contributed by atoms with Crippen molar-refractivity contribution in [1.82, 2.24) is 14.5 Å². The number of thiophene rings is 1. The van der Waals surface area contributed by atoms with Gasteiger partial charge >= 0.3 is 0 Å². The fourth-order valence-corrected chi connectivity index (χ4v) is 5.12. The molecular formula is C20H17N3S. The van der Waals surface area contributed by atoms with E-state index in [2.05, 4.69) is 57.9 Å². The Morgan fingerprint density at radius 1 is 1.04 bits per heavy atom. The van der Waals surface area contributed by atoms with E-state index in [0.29, 0.717) is 0 Å². The molecule has 3 aromatic heterocycles. The molecule has 0 N–H and O–H groups in total. The van der Waals surface area contributed by atoms with Crippen molar-refractivity contribution in [2.45, 2.75) is 26.2 Å². The van der Waals surface area contributed by atoms with Gasteiger partial charge in [0.05, 0.1) is 5.69 Å². The first-order chi connectivity index (χ1) is 11.8. The number of fused-ring (bicyclic) bond motifs is 2. The van der Waals surface area contributed by atoms with Crippen LogP contribution in [-0.2, 0) is 12.8 Å². The van der Waals surface area contributed by atoms with Crippen LogP contribution in [0.5, 0.6) is 0 Å². The first-order valence-electron chi connectivity index (χ1n) is 8.32. The lowest BCUT2D eigenvalue weighted by molar-refractivity contribution is 0.909. The lowest BCUT2D eigenvalue weighted by Crippen LogP contribution is -1.98. The maximum absolute atomic E-state index is 4.63. The topological polar surface area (TPSA) is 30.7 Å². The van der Waals surface area contributed by atoms with Crippen molar-refractivity contribution >= 4 is 22.5 Å². The highest BCUT2D eigenvalue weighted by atomic mass is 32.1. The van der Waals surface area contributed by atoms with Crippen LogP contribution in [0.2, 0.25) is 0 Å². The number of aromatic nitrogens is 3. The quantitative estimate of drug-likeness (QED) is 0.520. The van der Waals surface area contributed by atoms with Gasteiger partial charge in [-0.15, -0.1) is 11.3 Å². The van der Waals surface area contributed by atoms with E-state index < -0.39 is 0 Å². The average molecular weight is 331 g/mol. The molecular weight excluding hydrogens is 314 g/mol. The molecule has 4 heteroatoms. The van der Waals surface area contributed by atoms with Gasteiger partial charge < -0.3 is 0 Å². The predicted molar refractivity (Wildman–Crippen MR) is 98.9 cm³/mol. The second kappa shape index (κ2) is 5.28. The Bertz CT molecular complexity index is 1040. The summed E-state index contributed by atoms with van der Waals surface area (Å²) in [7, 11) is 0. The van der Waals surface area contributed by atoms with Gasteiger partial charge in [-0.05, 0) is 48.9 Å². The van der Waals surface area contributed by atoms with E-state index >= 15 is 0 Å². The number of nitrogens with zero attached hydrogens (tertiary/aromatic N) is 3. The first-order valence-corrected chi connectivity index (χ1v) is 9.14. The molecule has 3 heterocycles. The monoisotopic (exact) mass is 331 g/mol. The van der Waals surface area contributed by atoms with Crippen LogP contribution in [0.15, 0.2) is 48.8 Å². The van der Waals surface area contributed by atoms with E-state index in [4.69, 9.17) is 0 Å². The zero-order valence-corrected chi connectivity index (χ0v) is 14.3. The zero-order valence-electron chi connectivity index (χ0n) is 13.5. The van der Waals surface area contributed by atoms with Crippen LogP contribution in [-0.4, -0.2) is 14.5 Å². The number of hydrogen-bond donors (Lipinski definition) is 0. The van der Waals surface area contributed by atoms with Gasteiger partial charge in [0.2, 0.25) is 0 Å². The summed E-state index contributed by atoms with van der Waals surface area (Å²) >= 11 is 1.93. The van der Waals surface area contributed by atoms with Crippen LogP contribution in [0.25, 0.3) is 27.4 Å². The van der Waals surface area contributed by atoms with Crippen molar-refractivity contribution in [3.05, 3.63) is 64.8 Å². The van der Waals surface area contributed by atoms with Gasteiger partial charge in [0.1, 0.15) is 10.5 Å². The van der Waals surface area contributed by atoms with Gasteiger partial charge in [-0.1, -0.05) is 30.3 Å². The minimum Gasteiger partial charge on any atom is -0.283 e. The molecule has 1 aliphatic rings. The highest BCUT2D eigenvalue weighted by Gasteiger charge is 2.23. The van der Waals surface area contributed by atoms with E-state index in [1.165, 1.54) is 41.1 Å². The fraction of sp³-hybridized carbons (Fsp3) is 0.200. The predicted octanol–water partition coefficient (Wildman–Crippen LogP) is 4.95. The standard InChI is InChI=1S/C20H17N3S/c1-13-15-8-5-9-18(15)24-20(13)23-17(14-6-3-2-4-7-14)12-16-19(23)22-11-10-21-16/h2-4,6-7,10-12H,5,8-9H2,1H3. The van der Waals surface area contributed by atoms with Crippen LogP contribution in [0.1, 0.15) is 22.4 Å². The van der Waals surface area contributed by atoms with Crippen molar-refractivity contribution < 1.29 is 0 Å². The molecule has 0 fully saturated rings. The van der Waals surface area contributed by atoms with Gasteiger partial charge in [-0.3, -0.25) is 9.55 Å². The molecule has 0 aliphatic heterocycles. The van der Waals surface area contributed by atoms with Gasteiger partial charge in [-0.2, -0.15) is 0 Å². The van der Waals surface area contributed by atoms with Crippen molar-refractivity contribution in [3.8, 4) is 16.3 Å². The maximum atomic E-state index is 4.63. The molecule has 118 valence electrons. The van der Waals surface area contributed by atoms with Crippen LogP contribution < -0.4 is 0 Å². The minimum atomic E-state index is 0.944. The summed E-state index contributed by atoms with van der Waals surface area (Å²) < 4.78 is 2.30. The van der Waals surface area contributed by atoms with E-state index in [9.17, 15) is 0 Å². The van der Waals surface area contributed by atoms with Gasteiger partial charge in [0.15, 0.2) is 5.65 Å². The van der Waals surface area contributed by atoms with Gasteiger partial charge in [0.25, 0.3) is 0 Å². The van der Waals surface area contributed by atoms with E-state index in [1.54, 1.807) is 22.8 Å². The molecule has 0 saturated heterocycles. The summed E-state index contributed by atoms with van der Waals surface area (Å²) in [6.45, 7) is 2.26.